The zero-order valence-electron chi connectivity index (χ0n) is 18.3. The van der Waals surface area contributed by atoms with Gasteiger partial charge in [-0.2, -0.15) is 8.78 Å². The minimum absolute atomic E-state index is 0. The van der Waals surface area contributed by atoms with Gasteiger partial charge < -0.3 is 9.73 Å². The Balaban J connectivity index is 0.00000324. The number of hydrogen-bond donors (Lipinski definition) is 1. The summed E-state index contributed by atoms with van der Waals surface area (Å²) < 4.78 is 58.4. The summed E-state index contributed by atoms with van der Waals surface area (Å²) >= 11 is 0. The smallest absolute Gasteiger partial charge is 0.314 e. The maximum Gasteiger partial charge on any atom is 0.314 e. The lowest BCUT2D eigenvalue weighted by Gasteiger charge is -2.29. The number of anilines is 1. The molecule has 0 aliphatic carbocycles. The molecule has 0 saturated carbocycles. The topological polar surface area (TPSA) is 91.6 Å². The number of hydrogen-bond acceptors (Lipinski definition) is 7. The third-order valence-corrected chi connectivity index (χ3v) is 7.12. The molecule has 2 aromatic carbocycles. The van der Waals surface area contributed by atoms with Gasteiger partial charge in [0.2, 0.25) is 15.9 Å². The Hall–Kier alpha value is -2.60. The lowest BCUT2D eigenvalue weighted by Crippen LogP contribution is -2.46. The van der Waals surface area contributed by atoms with E-state index in [2.05, 4.69) is 20.4 Å². The second-order valence-electron chi connectivity index (χ2n) is 7.69. The zero-order valence-corrected chi connectivity index (χ0v) is 19.9. The van der Waals surface area contributed by atoms with Crippen LogP contribution in [-0.4, -0.2) is 62.0 Å². The Morgan fingerprint density at radius 2 is 1.71 bits per heavy atom. The molecule has 1 fully saturated rings. The summed E-state index contributed by atoms with van der Waals surface area (Å²) in [5.74, 6) is -0.737. The van der Waals surface area contributed by atoms with Crippen LogP contribution in [0.4, 0.5) is 14.5 Å². The molecule has 0 unspecified atom stereocenters. The summed E-state index contributed by atoms with van der Waals surface area (Å²) in [6.45, 7) is 3.97. The van der Waals surface area contributed by atoms with E-state index in [-0.39, 0.29) is 30.6 Å². The van der Waals surface area contributed by atoms with E-state index in [1.807, 2.05) is 6.07 Å². The lowest BCUT2D eigenvalue weighted by molar-refractivity contribution is 0.116. The minimum atomic E-state index is -3.59. The van der Waals surface area contributed by atoms with Gasteiger partial charge in [0.15, 0.2) is 0 Å². The summed E-state index contributed by atoms with van der Waals surface area (Å²) in [5, 5.41) is 10.2. The Morgan fingerprint density at radius 3 is 2.32 bits per heavy atom. The maximum atomic E-state index is 13.3. The quantitative estimate of drug-likeness (QED) is 0.469. The van der Waals surface area contributed by atoms with Gasteiger partial charge in [0.1, 0.15) is 0 Å². The van der Waals surface area contributed by atoms with E-state index < -0.39 is 22.3 Å². The highest BCUT2D eigenvalue weighted by Crippen LogP contribution is 2.25. The minimum Gasteiger partial charge on any atom is -0.415 e. The SMILES string of the molecule is Cl.O=S(=O)(CCN1CCNCC1)N(Cc1ccc(-c2nnc(C(F)F)o2)cc1)c1ccccc1. The fourth-order valence-electron chi connectivity index (χ4n) is 3.59. The molecule has 12 heteroatoms. The summed E-state index contributed by atoms with van der Waals surface area (Å²) in [6.07, 6.45) is -2.84. The van der Waals surface area contributed by atoms with Gasteiger partial charge in [-0.25, -0.2) is 8.42 Å². The Kier molecular flexibility index (Phi) is 8.95. The van der Waals surface area contributed by atoms with Gasteiger partial charge in [0, 0.05) is 38.3 Å². The first-order valence-electron chi connectivity index (χ1n) is 10.6. The van der Waals surface area contributed by atoms with E-state index in [4.69, 9.17) is 4.42 Å². The van der Waals surface area contributed by atoms with Gasteiger partial charge in [-0.3, -0.25) is 9.21 Å². The first-order chi connectivity index (χ1) is 15.9. The van der Waals surface area contributed by atoms with E-state index in [0.29, 0.717) is 17.8 Å². The number of sulfonamides is 1. The molecule has 0 spiro atoms. The van der Waals surface area contributed by atoms with Crippen molar-refractivity contribution in [1.29, 1.82) is 0 Å². The summed E-state index contributed by atoms with van der Waals surface area (Å²) in [7, 11) is -3.59. The average Bonchev–Trinajstić information content (AvgIpc) is 3.34. The van der Waals surface area contributed by atoms with Crippen LogP contribution in [0.25, 0.3) is 11.5 Å². The van der Waals surface area contributed by atoms with E-state index in [0.717, 1.165) is 31.7 Å². The van der Waals surface area contributed by atoms with Crippen molar-refractivity contribution < 1.29 is 21.6 Å². The Bertz CT molecular complexity index is 1140. The van der Waals surface area contributed by atoms with E-state index >= 15 is 0 Å². The largest absolute Gasteiger partial charge is 0.415 e. The van der Waals surface area contributed by atoms with Crippen LogP contribution < -0.4 is 9.62 Å². The van der Waals surface area contributed by atoms with Gasteiger partial charge >= 0.3 is 6.43 Å². The van der Waals surface area contributed by atoms with Crippen molar-refractivity contribution in [3.8, 4) is 11.5 Å². The molecule has 34 heavy (non-hydrogen) atoms. The van der Waals surface area contributed by atoms with Crippen LogP contribution in [0.3, 0.4) is 0 Å². The molecule has 1 saturated heterocycles. The van der Waals surface area contributed by atoms with Crippen molar-refractivity contribution in [2.45, 2.75) is 13.0 Å². The highest BCUT2D eigenvalue weighted by atomic mass is 35.5. The normalized spacial score (nSPS) is 14.7. The number of para-hydroxylation sites is 1. The zero-order chi connectivity index (χ0) is 23.3. The summed E-state index contributed by atoms with van der Waals surface area (Å²) in [5.41, 5.74) is 1.80. The predicted octanol–water partition coefficient (Wildman–Crippen LogP) is 3.34. The molecule has 0 bridgehead atoms. The number of rotatable bonds is 9. The number of piperazine rings is 1. The fraction of sp³-hybridized carbons (Fsp3) is 0.364. The molecule has 8 nitrogen and oxygen atoms in total. The number of aromatic nitrogens is 2. The van der Waals surface area contributed by atoms with Crippen LogP contribution in [0.1, 0.15) is 17.9 Å². The molecule has 0 amide bonds. The molecule has 2 heterocycles. The van der Waals surface area contributed by atoms with Gasteiger partial charge in [-0.05, 0) is 29.8 Å². The lowest BCUT2D eigenvalue weighted by atomic mass is 10.1. The molecule has 1 aliphatic rings. The summed E-state index contributed by atoms with van der Waals surface area (Å²) in [4.78, 5) is 2.14. The van der Waals surface area contributed by atoms with Gasteiger partial charge in [0.05, 0.1) is 18.0 Å². The van der Waals surface area contributed by atoms with Crippen LogP contribution in [0, 0.1) is 0 Å². The van der Waals surface area contributed by atoms with Crippen molar-refractivity contribution in [2.24, 2.45) is 0 Å². The van der Waals surface area contributed by atoms with Gasteiger partial charge in [-0.1, -0.05) is 30.3 Å². The molecule has 1 aliphatic heterocycles. The standard InChI is InChI=1S/C22H25F2N5O3S.ClH/c23-20(24)22-27-26-21(32-22)18-8-6-17(7-9-18)16-29(19-4-2-1-3-5-19)33(30,31)15-14-28-12-10-25-11-13-28;/h1-9,20,25H,10-16H2;1H. The number of nitrogens with one attached hydrogen (secondary N) is 1. The van der Waals surface area contributed by atoms with Gasteiger partial charge in [0.25, 0.3) is 5.89 Å². The van der Waals surface area contributed by atoms with Crippen molar-refractivity contribution >= 4 is 28.1 Å². The third kappa shape index (κ3) is 6.50. The second kappa shape index (κ2) is 11.7. The number of nitrogens with zero attached hydrogens (tertiary/aromatic N) is 4. The Labute approximate surface area is 203 Å². The highest BCUT2D eigenvalue weighted by molar-refractivity contribution is 7.92. The first-order valence-corrected chi connectivity index (χ1v) is 12.2. The van der Waals surface area contributed by atoms with E-state index in [1.165, 1.54) is 4.31 Å². The third-order valence-electron chi connectivity index (χ3n) is 5.41. The molecule has 3 aromatic rings. The Morgan fingerprint density at radius 1 is 1.03 bits per heavy atom. The van der Waals surface area contributed by atoms with Crippen molar-refractivity contribution in [2.75, 3.05) is 42.8 Å². The molecule has 1 N–H and O–H groups in total. The van der Waals surface area contributed by atoms with Crippen LogP contribution in [0.2, 0.25) is 0 Å². The molecule has 1 aromatic heterocycles. The molecule has 0 atom stereocenters. The number of benzene rings is 2. The van der Waals surface area contributed by atoms with Crippen LogP contribution in [0.15, 0.2) is 59.0 Å². The number of alkyl halides is 2. The second-order valence-corrected chi connectivity index (χ2v) is 9.71. The highest BCUT2D eigenvalue weighted by Gasteiger charge is 2.24. The van der Waals surface area contributed by atoms with Crippen LogP contribution >= 0.6 is 12.4 Å². The van der Waals surface area contributed by atoms with E-state index in [1.54, 1.807) is 48.5 Å². The molecular formula is C22H26ClF2N5O3S. The van der Waals surface area contributed by atoms with Crippen LogP contribution in [0.5, 0.6) is 0 Å². The van der Waals surface area contributed by atoms with Crippen molar-refractivity contribution in [3.63, 3.8) is 0 Å². The fourth-order valence-corrected chi connectivity index (χ4v) is 5.09. The predicted molar refractivity (Wildman–Crippen MR) is 128 cm³/mol. The number of halogens is 3. The molecule has 184 valence electrons. The molecule has 4 rings (SSSR count). The van der Waals surface area contributed by atoms with Gasteiger partial charge in [-0.15, -0.1) is 22.6 Å². The van der Waals surface area contributed by atoms with E-state index in [9.17, 15) is 17.2 Å². The van der Waals surface area contributed by atoms with Crippen molar-refractivity contribution in [1.82, 2.24) is 20.4 Å². The molecule has 0 radical (unpaired) electrons. The first kappa shape index (κ1) is 26.0. The van der Waals surface area contributed by atoms with Crippen LogP contribution in [-0.2, 0) is 16.6 Å². The average molecular weight is 514 g/mol. The van der Waals surface area contributed by atoms with Crippen molar-refractivity contribution in [3.05, 3.63) is 66.1 Å². The monoisotopic (exact) mass is 513 g/mol. The molecular weight excluding hydrogens is 488 g/mol. The maximum absolute atomic E-state index is 13.3. The summed E-state index contributed by atoms with van der Waals surface area (Å²) in [6, 6.07) is 15.7.